The fourth-order valence-corrected chi connectivity index (χ4v) is 9.33. The van der Waals surface area contributed by atoms with Crippen molar-refractivity contribution in [3.05, 3.63) is 143 Å². The Morgan fingerprint density at radius 2 is 1.48 bits per heavy atom. The number of para-hydroxylation sites is 2. The van der Waals surface area contributed by atoms with Crippen LogP contribution in [0.1, 0.15) is 75.1 Å². The fourth-order valence-electron chi connectivity index (χ4n) is 9.33. The van der Waals surface area contributed by atoms with Crippen LogP contribution in [-0.4, -0.2) is 6.54 Å². The summed E-state index contributed by atoms with van der Waals surface area (Å²) in [6.45, 7) is 10.8. The van der Waals surface area contributed by atoms with Gasteiger partial charge < -0.3 is 9.80 Å². The minimum absolute atomic E-state index is 0.460. The van der Waals surface area contributed by atoms with Gasteiger partial charge in [-0.15, -0.1) is 0 Å². The molecule has 9 rings (SSSR count). The van der Waals surface area contributed by atoms with Crippen molar-refractivity contribution in [1.82, 2.24) is 0 Å². The molecule has 0 N–H and O–H groups in total. The molecule has 48 heavy (non-hydrogen) atoms. The molecule has 2 nitrogen and oxygen atoms in total. The summed E-state index contributed by atoms with van der Waals surface area (Å²) in [6.07, 6.45) is 12.9. The van der Waals surface area contributed by atoms with Crippen LogP contribution in [0.3, 0.4) is 0 Å². The SMILES string of the molecule is CC1CC(N2CCc3ccccc32)=CC=C1c1ccc2ccc3c(N(C4=CCC(C)C(C)C4)c4ccccc4)ccc4c3c2c1C(C)C4. The van der Waals surface area contributed by atoms with E-state index in [2.05, 4.69) is 147 Å². The Hall–Kier alpha value is -4.56. The number of allylic oxidation sites excluding steroid dienone is 6. The van der Waals surface area contributed by atoms with Crippen molar-refractivity contribution in [2.24, 2.45) is 17.8 Å². The number of benzene rings is 5. The summed E-state index contributed by atoms with van der Waals surface area (Å²) < 4.78 is 0. The average molecular weight is 627 g/mol. The van der Waals surface area contributed by atoms with Gasteiger partial charge >= 0.3 is 0 Å². The van der Waals surface area contributed by atoms with Gasteiger partial charge in [-0.2, -0.15) is 0 Å². The smallest absolute Gasteiger partial charge is 0.0537 e. The molecule has 0 saturated carbocycles. The van der Waals surface area contributed by atoms with E-state index in [1.165, 1.54) is 72.3 Å². The van der Waals surface area contributed by atoms with Crippen LogP contribution in [0, 0.1) is 17.8 Å². The molecular weight excluding hydrogens is 581 g/mol. The summed E-state index contributed by atoms with van der Waals surface area (Å²) in [5.41, 5.74) is 14.3. The minimum atomic E-state index is 0.460. The second-order valence-corrected chi connectivity index (χ2v) is 15.1. The first-order chi connectivity index (χ1) is 23.5. The number of nitrogens with zero attached hydrogens (tertiary/aromatic N) is 2. The number of anilines is 3. The maximum absolute atomic E-state index is 2.57. The molecule has 240 valence electrons. The van der Waals surface area contributed by atoms with E-state index in [-0.39, 0.29) is 0 Å². The van der Waals surface area contributed by atoms with E-state index in [9.17, 15) is 0 Å². The zero-order chi connectivity index (χ0) is 32.5. The molecule has 0 bridgehead atoms. The number of fused-ring (bicyclic) bond motifs is 1. The van der Waals surface area contributed by atoms with Gasteiger partial charge in [-0.25, -0.2) is 0 Å². The topological polar surface area (TPSA) is 6.48 Å². The fraction of sp³-hybridized carbons (Fsp3) is 0.304. The van der Waals surface area contributed by atoms with Crippen LogP contribution in [0.2, 0.25) is 0 Å². The third kappa shape index (κ3) is 4.67. The van der Waals surface area contributed by atoms with Gasteiger partial charge in [0, 0.05) is 34.7 Å². The summed E-state index contributed by atoms with van der Waals surface area (Å²) >= 11 is 0. The van der Waals surface area contributed by atoms with Gasteiger partial charge in [0.25, 0.3) is 0 Å². The van der Waals surface area contributed by atoms with Crippen molar-refractivity contribution in [3.63, 3.8) is 0 Å². The highest BCUT2D eigenvalue weighted by molar-refractivity contribution is 6.17. The van der Waals surface area contributed by atoms with Crippen molar-refractivity contribution in [1.29, 1.82) is 0 Å². The first kappa shape index (κ1) is 29.6. The van der Waals surface area contributed by atoms with Crippen LogP contribution in [0.15, 0.2) is 121 Å². The molecule has 4 aliphatic rings. The van der Waals surface area contributed by atoms with E-state index in [0.29, 0.717) is 17.8 Å². The Balaban J connectivity index is 1.20. The molecule has 1 aliphatic heterocycles. The molecule has 0 spiro atoms. The first-order valence-corrected chi connectivity index (χ1v) is 18.3. The lowest BCUT2D eigenvalue weighted by molar-refractivity contribution is 0.367. The molecule has 0 amide bonds. The third-order valence-electron chi connectivity index (χ3n) is 12.1. The first-order valence-electron chi connectivity index (χ1n) is 18.3. The Morgan fingerprint density at radius 1 is 0.667 bits per heavy atom. The van der Waals surface area contributed by atoms with Crippen LogP contribution in [0.5, 0.6) is 0 Å². The molecule has 4 unspecified atom stereocenters. The summed E-state index contributed by atoms with van der Waals surface area (Å²) in [5.74, 6) is 2.31. The monoisotopic (exact) mass is 626 g/mol. The molecule has 4 atom stereocenters. The van der Waals surface area contributed by atoms with Crippen molar-refractivity contribution in [2.45, 2.75) is 65.7 Å². The third-order valence-corrected chi connectivity index (χ3v) is 12.1. The molecule has 0 aromatic heterocycles. The van der Waals surface area contributed by atoms with Crippen LogP contribution >= 0.6 is 0 Å². The zero-order valence-corrected chi connectivity index (χ0v) is 28.8. The standard InChI is InChI=1S/C46H46N2/c1-29-14-18-38(27-30(29)2)48(36-11-6-5-7-12-36)43-23-17-35-26-32(4)44-40(20-15-34-16-21-41(43)45(35)46(34)44)39-22-19-37(28-31(39)3)47-25-24-33-10-8-9-13-42(33)47/h5-13,15-23,29-32H,14,24-28H2,1-4H3. The number of rotatable bonds is 5. The number of hydrogen-bond acceptors (Lipinski definition) is 2. The van der Waals surface area contributed by atoms with Gasteiger partial charge in [0.2, 0.25) is 0 Å². The van der Waals surface area contributed by atoms with Gasteiger partial charge in [0.1, 0.15) is 0 Å². The maximum Gasteiger partial charge on any atom is 0.0537 e. The molecular formula is C46H46N2. The van der Waals surface area contributed by atoms with Crippen molar-refractivity contribution >= 4 is 44.2 Å². The molecule has 5 aromatic rings. The van der Waals surface area contributed by atoms with E-state index in [0.717, 1.165) is 44.6 Å². The second-order valence-electron chi connectivity index (χ2n) is 15.1. The molecule has 0 saturated heterocycles. The van der Waals surface area contributed by atoms with Gasteiger partial charge in [0.05, 0.1) is 5.69 Å². The predicted molar refractivity (Wildman–Crippen MR) is 205 cm³/mol. The predicted octanol–water partition coefficient (Wildman–Crippen LogP) is 12.1. The quantitative estimate of drug-likeness (QED) is 0.179. The Kier molecular flexibility index (Phi) is 7.11. The summed E-state index contributed by atoms with van der Waals surface area (Å²) in [4.78, 5) is 5.14. The van der Waals surface area contributed by atoms with E-state index in [1.807, 2.05) is 0 Å². The summed E-state index contributed by atoms with van der Waals surface area (Å²) in [6, 6.07) is 34.5. The highest BCUT2D eigenvalue weighted by atomic mass is 15.2. The van der Waals surface area contributed by atoms with Crippen LogP contribution in [-0.2, 0) is 12.8 Å². The normalized spacial score (nSPS) is 23.2. The molecule has 1 heterocycles. The summed E-state index contributed by atoms with van der Waals surface area (Å²) in [5, 5.41) is 5.69. The molecule has 2 heteroatoms. The van der Waals surface area contributed by atoms with Gasteiger partial charge in [-0.1, -0.05) is 107 Å². The van der Waals surface area contributed by atoms with E-state index in [1.54, 1.807) is 5.56 Å². The molecule has 0 fully saturated rings. The van der Waals surface area contributed by atoms with Crippen LogP contribution < -0.4 is 9.80 Å². The lowest BCUT2D eigenvalue weighted by atomic mass is 9.74. The lowest BCUT2D eigenvalue weighted by Gasteiger charge is -2.36. The van der Waals surface area contributed by atoms with Crippen LogP contribution in [0.4, 0.5) is 17.1 Å². The van der Waals surface area contributed by atoms with E-state index >= 15 is 0 Å². The van der Waals surface area contributed by atoms with Gasteiger partial charge in [-0.3, -0.25) is 0 Å². The van der Waals surface area contributed by atoms with Crippen molar-refractivity contribution < 1.29 is 0 Å². The second kappa shape index (κ2) is 11.5. The molecule has 0 radical (unpaired) electrons. The van der Waals surface area contributed by atoms with Crippen molar-refractivity contribution in [3.8, 4) is 0 Å². The van der Waals surface area contributed by atoms with Gasteiger partial charge in [-0.05, 0) is 130 Å². The van der Waals surface area contributed by atoms with E-state index in [4.69, 9.17) is 0 Å². The Labute approximate surface area is 286 Å². The zero-order valence-electron chi connectivity index (χ0n) is 28.8. The van der Waals surface area contributed by atoms with Gasteiger partial charge in [0.15, 0.2) is 0 Å². The Morgan fingerprint density at radius 3 is 2.31 bits per heavy atom. The average Bonchev–Trinajstić information content (AvgIpc) is 3.54. The lowest BCUT2D eigenvalue weighted by Crippen LogP contribution is -2.24. The van der Waals surface area contributed by atoms with Crippen molar-refractivity contribution in [2.75, 3.05) is 16.3 Å². The Bertz CT molecular complexity index is 2170. The minimum Gasteiger partial charge on any atom is -0.345 e. The van der Waals surface area contributed by atoms with Crippen LogP contribution in [0.25, 0.3) is 27.1 Å². The largest absolute Gasteiger partial charge is 0.345 e. The molecule has 5 aromatic carbocycles. The van der Waals surface area contributed by atoms with E-state index < -0.39 is 0 Å². The highest BCUT2D eigenvalue weighted by Gasteiger charge is 2.31. The summed E-state index contributed by atoms with van der Waals surface area (Å²) in [7, 11) is 0. The molecule has 3 aliphatic carbocycles. The maximum atomic E-state index is 2.57. The number of hydrogen-bond donors (Lipinski definition) is 0. The highest BCUT2D eigenvalue weighted by Crippen LogP contribution is 2.50.